The van der Waals surface area contributed by atoms with Gasteiger partial charge >= 0.3 is 12.1 Å². The lowest BCUT2D eigenvalue weighted by Gasteiger charge is -2.30. The number of hydrogen-bond acceptors (Lipinski definition) is 8. The van der Waals surface area contributed by atoms with Gasteiger partial charge in [0, 0.05) is 25.5 Å². The minimum atomic E-state index is -1.61. The van der Waals surface area contributed by atoms with Gasteiger partial charge in [-0.15, -0.1) is 0 Å². The molecule has 224 valence electrons. The number of ketones is 2. The standard InChI is InChI=1S/C33H39NO8/c1-21(2)28-20-41-33(40)34(28)32(39)27(18-24-12-6-5-7-13-24)31(42-23(4)36)30(38)19-26(29(37)15-8-9-16-35)25-14-10-11-22(3)17-25/h5-7,10-14,17,19,21,27-28,31,35H,8-9,15-16,18,20H2,1-4H3. The highest BCUT2D eigenvalue weighted by Crippen LogP contribution is 2.28. The van der Waals surface area contributed by atoms with Crippen molar-refractivity contribution < 1.29 is 38.6 Å². The summed E-state index contributed by atoms with van der Waals surface area (Å²) in [5.41, 5.74) is 2.19. The molecule has 3 unspecified atom stereocenters. The van der Waals surface area contributed by atoms with Crippen LogP contribution < -0.4 is 0 Å². The number of benzene rings is 2. The van der Waals surface area contributed by atoms with E-state index in [1.807, 2.05) is 26.8 Å². The van der Waals surface area contributed by atoms with E-state index in [4.69, 9.17) is 9.47 Å². The molecule has 2 aromatic carbocycles. The highest BCUT2D eigenvalue weighted by molar-refractivity contribution is 6.25. The number of carbonyl (C=O) groups is 5. The van der Waals surface area contributed by atoms with Crippen molar-refractivity contribution in [1.82, 2.24) is 4.90 Å². The molecular formula is C33H39NO8. The van der Waals surface area contributed by atoms with Crippen LogP contribution in [0.15, 0.2) is 60.7 Å². The first-order valence-electron chi connectivity index (χ1n) is 14.2. The van der Waals surface area contributed by atoms with Crippen LogP contribution >= 0.6 is 0 Å². The number of aliphatic hydroxyl groups excluding tert-OH is 1. The lowest BCUT2D eigenvalue weighted by Crippen LogP contribution is -2.50. The number of hydrogen-bond donors (Lipinski definition) is 1. The van der Waals surface area contributed by atoms with Crippen LogP contribution in [0.5, 0.6) is 0 Å². The van der Waals surface area contributed by atoms with E-state index in [-0.39, 0.29) is 43.3 Å². The Kier molecular flexibility index (Phi) is 11.7. The largest absolute Gasteiger partial charge is 0.453 e. The fourth-order valence-corrected chi connectivity index (χ4v) is 4.96. The number of nitrogens with zero attached hydrogens (tertiary/aromatic N) is 1. The van der Waals surface area contributed by atoms with Gasteiger partial charge in [0.05, 0.1) is 12.0 Å². The summed E-state index contributed by atoms with van der Waals surface area (Å²) in [5.74, 6) is -3.94. The molecule has 0 aliphatic carbocycles. The number of allylic oxidation sites excluding steroid dienone is 1. The summed E-state index contributed by atoms with van der Waals surface area (Å²) in [6.45, 7) is 6.66. The predicted molar refractivity (Wildman–Crippen MR) is 156 cm³/mol. The Bertz CT molecular complexity index is 1320. The van der Waals surface area contributed by atoms with E-state index < -0.39 is 41.8 Å². The van der Waals surface area contributed by atoms with Crippen LogP contribution in [0.2, 0.25) is 0 Å². The zero-order valence-electron chi connectivity index (χ0n) is 24.6. The highest BCUT2D eigenvalue weighted by Gasteiger charge is 2.46. The molecule has 0 bridgehead atoms. The number of aryl methyl sites for hydroxylation is 1. The van der Waals surface area contributed by atoms with Gasteiger partial charge in [-0.05, 0) is 49.3 Å². The zero-order chi connectivity index (χ0) is 30.8. The predicted octanol–water partition coefficient (Wildman–Crippen LogP) is 4.47. The maximum absolute atomic E-state index is 14.1. The normalized spacial score (nSPS) is 16.6. The molecule has 3 rings (SSSR count). The van der Waals surface area contributed by atoms with Crippen LogP contribution in [-0.4, -0.2) is 64.9 Å². The van der Waals surface area contributed by atoms with E-state index in [1.54, 1.807) is 48.5 Å². The fraction of sp³-hybridized carbons (Fsp3) is 0.424. The van der Waals surface area contributed by atoms with Crippen LogP contribution in [0.1, 0.15) is 56.7 Å². The van der Waals surface area contributed by atoms with Crippen molar-refractivity contribution in [1.29, 1.82) is 0 Å². The first-order chi connectivity index (χ1) is 20.0. The molecule has 0 saturated carbocycles. The first-order valence-corrected chi connectivity index (χ1v) is 14.2. The van der Waals surface area contributed by atoms with Crippen molar-refractivity contribution in [2.75, 3.05) is 13.2 Å². The molecule has 1 heterocycles. The summed E-state index contributed by atoms with van der Waals surface area (Å²) in [7, 11) is 0. The SMILES string of the molecule is CC(=O)OC(C(=O)C=C(C(=O)CCCCO)c1cccc(C)c1)C(Cc1ccccc1)C(=O)N1C(=O)OCC1C(C)C. The van der Waals surface area contributed by atoms with Gasteiger partial charge in [0.25, 0.3) is 0 Å². The van der Waals surface area contributed by atoms with E-state index in [0.717, 1.165) is 23.5 Å². The molecule has 1 fully saturated rings. The number of aliphatic hydroxyl groups is 1. The number of cyclic esters (lactones) is 1. The van der Waals surface area contributed by atoms with Gasteiger partial charge in [-0.3, -0.25) is 19.2 Å². The summed E-state index contributed by atoms with van der Waals surface area (Å²) in [6, 6.07) is 15.5. The lowest BCUT2D eigenvalue weighted by atomic mass is 9.87. The molecule has 2 amide bonds. The van der Waals surface area contributed by atoms with E-state index in [9.17, 15) is 29.1 Å². The number of imide groups is 1. The lowest BCUT2D eigenvalue weighted by molar-refractivity contribution is -0.159. The number of ether oxygens (including phenoxy) is 2. The number of esters is 1. The Labute approximate surface area is 246 Å². The van der Waals surface area contributed by atoms with Crippen LogP contribution in [0.25, 0.3) is 5.57 Å². The van der Waals surface area contributed by atoms with E-state index in [1.165, 1.54) is 0 Å². The Morgan fingerprint density at radius 2 is 1.79 bits per heavy atom. The third-order valence-corrected chi connectivity index (χ3v) is 7.20. The molecule has 1 aliphatic rings. The molecule has 3 atom stereocenters. The van der Waals surface area contributed by atoms with Crippen LogP contribution in [0.4, 0.5) is 4.79 Å². The first kappa shape index (κ1) is 32.4. The molecule has 9 heteroatoms. The second kappa shape index (κ2) is 15.2. The Morgan fingerprint density at radius 3 is 2.40 bits per heavy atom. The molecule has 2 aromatic rings. The second-order valence-electron chi connectivity index (χ2n) is 10.9. The van der Waals surface area contributed by atoms with Gasteiger partial charge in [-0.1, -0.05) is 74.0 Å². The number of rotatable bonds is 14. The molecular weight excluding hydrogens is 538 g/mol. The molecule has 0 radical (unpaired) electrons. The molecule has 1 saturated heterocycles. The minimum Gasteiger partial charge on any atom is -0.453 e. The molecule has 0 aromatic heterocycles. The number of amides is 2. The summed E-state index contributed by atoms with van der Waals surface area (Å²) in [5, 5.41) is 9.17. The maximum atomic E-state index is 14.1. The second-order valence-corrected chi connectivity index (χ2v) is 10.9. The van der Waals surface area contributed by atoms with Crippen LogP contribution in [0, 0.1) is 18.8 Å². The fourth-order valence-electron chi connectivity index (χ4n) is 4.96. The zero-order valence-corrected chi connectivity index (χ0v) is 24.6. The number of unbranched alkanes of at least 4 members (excludes halogenated alkanes) is 1. The van der Waals surface area contributed by atoms with Crippen molar-refractivity contribution in [2.45, 2.75) is 65.5 Å². The number of Topliss-reactive ketones (excluding diaryl/α,β-unsaturated/α-hetero) is 1. The monoisotopic (exact) mass is 577 g/mol. The van der Waals surface area contributed by atoms with Gasteiger partial charge in [0.2, 0.25) is 5.91 Å². The van der Waals surface area contributed by atoms with Gasteiger partial charge in [0.1, 0.15) is 6.61 Å². The van der Waals surface area contributed by atoms with Crippen molar-refractivity contribution in [3.63, 3.8) is 0 Å². The molecule has 9 nitrogen and oxygen atoms in total. The third kappa shape index (κ3) is 8.45. The van der Waals surface area contributed by atoms with Crippen LogP contribution in [-0.2, 0) is 35.1 Å². The summed E-state index contributed by atoms with van der Waals surface area (Å²) in [4.78, 5) is 67.5. The summed E-state index contributed by atoms with van der Waals surface area (Å²) >= 11 is 0. The molecule has 42 heavy (non-hydrogen) atoms. The van der Waals surface area contributed by atoms with Crippen molar-refractivity contribution >= 4 is 35.1 Å². The average Bonchev–Trinajstić information content (AvgIpc) is 3.35. The van der Waals surface area contributed by atoms with Gasteiger partial charge < -0.3 is 14.6 Å². The quantitative estimate of drug-likeness (QED) is 0.198. The van der Waals surface area contributed by atoms with Crippen molar-refractivity contribution in [3.8, 4) is 0 Å². The Hall–Kier alpha value is -4.11. The third-order valence-electron chi connectivity index (χ3n) is 7.20. The smallest absolute Gasteiger partial charge is 0.416 e. The van der Waals surface area contributed by atoms with E-state index in [2.05, 4.69) is 0 Å². The van der Waals surface area contributed by atoms with Crippen molar-refractivity contribution in [2.24, 2.45) is 11.8 Å². The molecule has 1 aliphatic heterocycles. The van der Waals surface area contributed by atoms with Gasteiger partial charge in [-0.2, -0.15) is 0 Å². The van der Waals surface area contributed by atoms with Gasteiger partial charge in [-0.25, -0.2) is 9.69 Å². The molecule has 0 spiro atoms. The Balaban J connectivity index is 2.11. The number of carbonyl (C=O) groups excluding carboxylic acids is 5. The molecule has 1 N–H and O–H groups in total. The Morgan fingerprint density at radius 1 is 1.07 bits per heavy atom. The topological polar surface area (TPSA) is 127 Å². The van der Waals surface area contributed by atoms with E-state index >= 15 is 0 Å². The average molecular weight is 578 g/mol. The van der Waals surface area contributed by atoms with Crippen LogP contribution in [0.3, 0.4) is 0 Å². The highest BCUT2D eigenvalue weighted by atomic mass is 16.6. The van der Waals surface area contributed by atoms with E-state index in [0.29, 0.717) is 24.0 Å². The van der Waals surface area contributed by atoms with Crippen molar-refractivity contribution in [3.05, 3.63) is 77.4 Å². The minimum absolute atomic E-state index is 0.00395. The van der Waals surface area contributed by atoms with Gasteiger partial charge in [0.15, 0.2) is 17.7 Å². The maximum Gasteiger partial charge on any atom is 0.416 e. The summed E-state index contributed by atoms with van der Waals surface area (Å²) < 4.78 is 10.7. The summed E-state index contributed by atoms with van der Waals surface area (Å²) in [6.07, 6.45) is -0.362.